The second-order valence-electron chi connectivity index (χ2n) is 7.86. The van der Waals surface area contributed by atoms with Crippen LogP contribution in [0.1, 0.15) is 31.9 Å². The molecule has 6 heteroatoms. The monoisotopic (exact) mass is 381 g/mol. The highest BCUT2D eigenvalue weighted by Crippen LogP contribution is 2.38. The molecule has 3 rings (SSSR count). The van der Waals surface area contributed by atoms with Gasteiger partial charge in [-0.2, -0.15) is 0 Å². The minimum absolute atomic E-state index is 0.0296. The van der Waals surface area contributed by atoms with Gasteiger partial charge < -0.3 is 20.3 Å². The maximum Gasteiger partial charge on any atom is 0.323 e. The highest BCUT2D eigenvalue weighted by Gasteiger charge is 2.37. The van der Waals surface area contributed by atoms with Crippen molar-refractivity contribution in [2.45, 2.75) is 34.6 Å². The molecular formula is C22H27N3O3. The first-order chi connectivity index (χ1) is 13.2. The number of aryl methyl sites for hydroxylation is 2. The van der Waals surface area contributed by atoms with Crippen LogP contribution in [0.5, 0.6) is 5.75 Å². The molecule has 0 saturated heterocycles. The zero-order valence-corrected chi connectivity index (χ0v) is 17.1. The highest BCUT2D eigenvalue weighted by molar-refractivity contribution is 6.02. The Morgan fingerprint density at radius 3 is 2.36 bits per heavy atom. The number of nitrogens with one attached hydrogen (secondary N) is 2. The van der Waals surface area contributed by atoms with Crippen LogP contribution in [0.25, 0.3) is 0 Å². The third kappa shape index (κ3) is 4.11. The van der Waals surface area contributed by atoms with Gasteiger partial charge in [-0.25, -0.2) is 4.79 Å². The predicted octanol–water partition coefficient (Wildman–Crippen LogP) is 4.72. The number of urea groups is 1. The topological polar surface area (TPSA) is 70.7 Å². The summed E-state index contributed by atoms with van der Waals surface area (Å²) in [7, 11) is 0. The third-order valence-electron chi connectivity index (χ3n) is 4.72. The van der Waals surface area contributed by atoms with Gasteiger partial charge in [-0.1, -0.05) is 6.07 Å². The molecule has 0 saturated carbocycles. The minimum atomic E-state index is -0.608. The van der Waals surface area contributed by atoms with E-state index in [1.54, 1.807) is 17.0 Å². The fraction of sp³-hybridized carbons (Fsp3) is 0.364. The number of carbonyl (C=O) groups is 2. The number of hydrogen-bond acceptors (Lipinski definition) is 3. The number of nitrogens with zero attached hydrogens (tertiary/aromatic N) is 1. The van der Waals surface area contributed by atoms with Gasteiger partial charge >= 0.3 is 6.03 Å². The van der Waals surface area contributed by atoms with Crippen LogP contribution in [-0.2, 0) is 4.79 Å². The Morgan fingerprint density at radius 1 is 1.07 bits per heavy atom. The lowest BCUT2D eigenvalue weighted by Crippen LogP contribution is -2.42. The van der Waals surface area contributed by atoms with Crippen LogP contribution < -0.4 is 20.3 Å². The third-order valence-corrected chi connectivity index (χ3v) is 4.72. The van der Waals surface area contributed by atoms with Crippen molar-refractivity contribution in [3.63, 3.8) is 0 Å². The zero-order valence-electron chi connectivity index (χ0n) is 17.1. The number of hydrogen-bond donors (Lipinski definition) is 2. The van der Waals surface area contributed by atoms with Gasteiger partial charge in [-0.15, -0.1) is 0 Å². The molecule has 0 fully saturated rings. The zero-order chi connectivity index (χ0) is 20.5. The van der Waals surface area contributed by atoms with Gasteiger partial charge in [0.05, 0.1) is 11.1 Å². The summed E-state index contributed by atoms with van der Waals surface area (Å²) >= 11 is 0. The maximum absolute atomic E-state index is 12.7. The van der Waals surface area contributed by atoms with Crippen LogP contribution in [0.2, 0.25) is 0 Å². The second kappa shape index (κ2) is 7.54. The van der Waals surface area contributed by atoms with Crippen molar-refractivity contribution in [1.29, 1.82) is 0 Å². The smallest absolute Gasteiger partial charge is 0.323 e. The predicted molar refractivity (Wildman–Crippen MR) is 112 cm³/mol. The fourth-order valence-corrected chi connectivity index (χ4v) is 3.38. The number of anilines is 3. The van der Waals surface area contributed by atoms with Crippen molar-refractivity contribution < 1.29 is 14.3 Å². The van der Waals surface area contributed by atoms with Crippen molar-refractivity contribution in [2.75, 3.05) is 28.7 Å². The molecule has 0 aliphatic carbocycles. The summed E-state index contributed by atoms with van der Waals surface area (Å²) in [5.74, 6) is 0.618. The number of ether oxygens (including phenoxy) is 1. The molecule has 0 aromatic heterocycles. The van der Waals surface area contributed by atoms with Gasteiger partial charge in [0.25, 0.3) is 0 Å². The van der Waals surface area contributed by atoms with Crippen LogP contribution in [0, 0.1) is 19.3 Å². The summed E-state index contributed by atoms with van der Waals surface area (Å²) < 4.78 is 5.90. The number of amides is 3. The Bertz CT molecular complexity index is 901. The molecule has 0 radical (unpaired) electrons. The van der Waals surface area contributed by atoms with Crippen LogP contribution in [0.15, 0.2) is 36.4 Å². The number of fused-ring (bicyclic) bond motifs is 1. The molecule has 6 nitrogen and oxygen atoms in total. The Hall–Kier alpha value is -3.02. The van der Waals surface area contributed by atoms with E-state index in [0.717, 1.165) is 22.5 Å². The van der Waals surface area contributed by atoms with Gasteiger partial charge in [0.15, 0.2) is 0 Å². The highest BCUT2D eigenvalue weighted by atomic mass is 16.5. The molecule has 28 heavy (non-hydrogen) atoms. The Morgan fingerprint density at radius 2 is 1.71 bits per heavy atom. The first-order valence-electron chi connectivity index (χ1n) is 9.45. The lowest BCUT2D eigenvalue weighted by molar-refractivity contribution is -0.127. The molecule has 1 heterocycles. The van der Waals surface area contributed by atoms with E-state index in [4.69, 9.17) is 4.74 Å². The van der Waals surface area contributed by atoms with Crippen molar-refractivity contribution >= 4 is 29.0 Å². The molecule has 0 spiro atoms. The summed E-state index contributed by atoms with van der Waals surface area (Å²) in [5.41, 5.74) is 3.62. The molecule has 1 aliphatic heterocycles. The molecule has 2 N–H and O–H groups in total. The van der Waals surface area contributed by atoms with Crippen LogP contribution in [-0.4, -0.2) is 25.1 Å². The van der Waals surface area contributed by atoms with Crippen LogP contribution in [0.4, 0.5) is 21.9 Å². The lowest BCUT2D eigenvalue weighted by Gasteiger charge is -2.26. The normalized spacial score (nSPS) is 15.3. The number of benzene rings is 2. The average molecular weight is 381 g/mol. The Kier molecular flexibility index (Phi) is 5.31. The second-order valence-corrected chi connectivity index (χ2v) is 7.86. The molecule has 2 aromatic rings. The van der Waals surface area contributed by atoms with Gasteiger partial charge in [-0.05, 0) is 70.0 Å². The van der Waals surface area contributed by atoms with E-state index in [1.165, 1.54) is 0 Å². The summed E-state index contributed by atoms with van der Waals surface area (Å²) in [5, 5.41) is 5.68. The first-order valence-corrected chi connectivity index (χ1v) is 9.45. The first kappa shape index (κ1) is 19.7. The summed E-state index contributed by atoms with van der Waals surface area (Å²) in [4.78, 5) is 26.9. The molecule has 1 aliphatic rings. The van der Waals surface area contributed by atoms with Crippen molar-refractivity contribution in [3.05, 3.63) is 47.5 Å². The quantitative estimate of drug-likeness (QED) is 0.808. The van der Waals surface area contributed by atoms with E-state index < -0.39 is 5.41 Å². The largest absolute Gasteiger partial charge is 0.490 e. The van der Waals surface area contributed by atoms with E-state index in [2.05, 4.69) is 16.7 Å². The van der Waals surface area contributed by atoms with Crippen LogP contribution >= 0.6 is 0 Å². The SMILES string of the molecule is CCN1C(=O)C(C)(C)COc2cc(NC(=O)Nc3cc(C)cc(C)c3)ccc21. The van der Waals surface area contributed by atoms with E-state index in [0.29, 0.717) is 18.0 Å². The van der Waals surface area contributed by atoms with Gasteiger partial charge in [0, 0.05) is 24.0 Å². The minimum Gasteiger partial charge on any atom is -0.490 e. The van der Waals surface area contributed by atoms with E-state index in [-0.39, 0.29) is 18.5 Å². The molecule has 0 atom stereocenters. The fourth-order valence-electron chi connectivity index (χ4n) is 3.38. The van der Waals surface area contributed by atoms with Crippen molar-refractivity contribution in [1.82, 2.24) is 0 Å². The van der Waals surface area contributed by atoms with Gasteiger partial charge in [-0.3, -0.25) is 4.79 Å². The summed E-state index contributed by atoms with van der Waals surface area (Å²) in [6, 6.07) is 10.9. The van der Waals surface area contributed by atoms with E-state index in [9.17, 15) is 9.59 Å². The molecular weight excluding hydrogens is 354 g/mol. The Balaban J connectivity index is 1.79. The number of rotatable bonds is 3. The molecule has 0 bridgehead atoms. The average Bonchev–Trinajstić information content (AvgIpc) is 2.69. The van der Waals surface area contributed by atoms with Gasteiger partial charge in [0.1, 0.15) is 12.4 Å². The Labute approximate surface area is 165 Å². The summed E-state index contributed by atoms with van der Waals surface area (Å²) in [6.45, 7) is 10.5. The maximum atomic E-state index is 12.7. The van der Waals surface area contributed by atoms with Crippen molar-refractivity contribution in [2.24, 2.45) is 5.41 Å². The van der Waals surface area contributed by atoms with Gasteiger partial charge in [0.2, 0.25) is 5.91 Å². The van der Waals surface area contributed by atoms with E-state index in [1.807, 2.05) is 52.8 Å². The summed E-state index contributed by atoms with van der Waals surface area (Å²) in [6.07, 6.45) is 0. The molecule has 0 unspecified atom stereocenters. The molecule has 3 amide bonds. The van der Waals surface area contributed by atoms with Crippen LogP contribution in [0.3, 0.4) is 0 Å². The molecule has 2 aromatic carbocycles. The number of carbonyl (C=O) groups excluding carboxylic acids is 2. The van der Waals surface area contributed by atoms with E-state index >= 15 is 0 Å². The lowest BCUT2D eigenvalue weighted by atomic mass is 9.93. The molecule has 148 valence electrons. The van der Waals surface area contributed by atoms with Crippen molar-refractivity contribution in [3.8, 4) is 5.75 Å². The standard InChI is InChI=1S/C22H27N3O3/c1-6-25-18-8-7-16(12-19(18)28-13-22(4,5)20(25)26)23-21(27)24-17-10-14(2)9-15(3)11-17/h7-12H,6,13H2,1-5H3,(H2,23,24,27).